The van der Waals surface area contributed by atoms with Crippen LogP contribution in [0.4, 0.5) is 0 Å². The molecule has 0 aromatic heterocycles. The Labute approximate surface area is 157 Å². The molecule has 0 amide bonds. The summed E-state index contributed by atoms with van der Waals surface area (Å²) in [7, 11) is -2.00. The number of hydrogen-bond acceptors (Lipinski definition) is 3. The van der Waals surface area contributed by atoms with Gasteiger partial charge in [-0.25, -0.2) is 0 Å². The summed E-state index contributed by atoms with van der Waals surface area (Å²) in [5, 5.41) is 0. The van der Waals surface area contributed by atoms with Crippen LogP contribution < -0.4 is 0 Å². The van der Waals surface area contributed by atoms with E-state index >= 15 is 0 Å². The van der Waals surface area contributed by atoms with Crippen LogP contribution in [0.15, 0.2) is 0 Å². The number of unbranched alkanes of at least 4 members (excludes halogenated alkanes) is 1. The van der Waals surface area contributed by atoms with Gasteiger partial charge in [0, 0.05) is 4.43 Å². The number of carbonyl (C=O) groups excluding carboxylic acids is 1. The highest BCUT2D eigenvalue weighted by atomic mass is 127. The molecular formula is C18H35IO3Si. The van der Waals surface area contributed by atoms with Crippen molar-refractivity contribution in [2.75, 3.05) is 4.43 Å². The van der Waals surface area contributed by atoms with Crippen LogP contribution in [-0.2, 0) is 14.0 Å². The second-order valence-electron chi connectivity index (χ2n) is 7.78. The summed E-state index contributed by atoms with van der Waals surface area (Å²) in [6, 6.07) is 0. The minimum Gasteiger partial charge on any atom is -0.459 e. The van der Waals surface area contributed by atoms with Crippen LogP contribution in [0.3, 0.4) is 0 Å². The molecule has 0 spiro atoms. The summed E-state index contributed by atoms with van der Waals surface area (Å²) in [5.41, 5.74) is 1.58. The lowest BCUT2D eigenvalue weighted by Gasteiger charge is -2.45. The Morgan fingerprint density at radius 3 is 2.04 bits per heavy atom. The third-order valence-corrected chi connectivity index (χ3v) is 12.4. The third-order valence-electron chi connectivity index (χ3n) is 5.40. The fraction of sp³-hybridized carbons (Fsp3) is 0.944. The number of cyclic esters (lactones) is 1. The Hall–Kier alpha value is 0.377. The van der Waals surface area contributed by atoms with Gasteiger partial charge in [-0.2, -0.15) is 0 Å². The van der Waals surface area contributed by atoms with Crippen LogP contribution in [0.5, 0.6) is 0 Å². The first-order chi connectivity index (χ1) is 10.7. The number of ether oxygens (including phenoxy) is 1. The molecule has 0 aliphatic carbocycles. The fourth-order valence-electron chi connectivity index (χ4n) is 4.32. The van der Waals surface area contributed by atoms with E-state index in [-0.39, 0.29) is 24.1 Å². The molecule has 3 nitrogen and oxygen atoms in total. The Morgan fingerprint density at radius 2 is 1.65 bits per heavy atom. The molecule has 1 aliphatic rings. The van der Waals surface area contributed by atoms with Crippen molar-refractivity contribution in [3.63, 3.8) is 0 Å². The molecule has 1 saturated heterocycles. The standard InChI is InChI=1S/C18H35IO3Si/c1-8-9-10-15-17(16(11-19)21-18(15)20)22-23(12(2)3,13(4)5)14(6)7/h12-17H,8-11H2,1-7H3/t15-,16-,17-/m0/s1. The third kappa shape index (κ3) is 4.51. The van der Waals surface area contributed by atoms with Gasteiger partial charge in [0.1, 0.15) is 6.10 Å². The van der Waals surface area contributed by atoms with E-state index < -0.39 is 8.32 Å². The van der Waals surface area contributed by atoms with E-state index in [0.717, 1.165) is 23.7 Å². The molecule has 3 atom stereocenters. The fourth-order valence-corrected chi connectivity index (χ4v) is 10.6. The molecule has 1 rings (SSSR count). The van der Waals surface area contributed by atoms with E-state index in [1.165, 1.54) is 0 Å². The number of esters is 1. The van der Waals surface area contributed by atoms with Crippen molar-refractivity contribution < 1.29 is 14.0 Å². The monoisotopic (exact) mass is 454 g/mol. The summed E-state index contributed by atoms with van der Waals surface area (Å²) >= 11 is 2.32. The molecule has 0 unspecified atom stereocenters. The maximum absolute atomic E-state index is 12.4. The zero-order chi connectivity index (χ0) is 17.8. The highest BCUT2D eigenvalue weighted by molar-refractivity contribution is 14.1. The molecule has 0 radical (unpaired) electrons. The Balaban J connectivity index is 3.12. The molecule has 0 bridgehead atoms. The zero-order valence-electron chi connectivity index (χ0n) is 15.9. The van der Waals surface area contributed by atoms with Gasteiger partial charge < -0.3 is 9.16 Å². The Morgan fingerprint density at radius 1 is 1.13 bits per heavy atom. The van der Waals surface area contributed by atoms with E-state index in [1.807, 2.05) is 0 Å². The van der Waals surface area contributed by atoms with Crippen LogP contribution in [-0.4, -0.2) is 30.9 Å². The summed E-state index contributed by atoms with van der Waals surface area (Å²) < 4.78 is 13.4. The van der Waals surface area contributed by atoms with Crippen molar-refractivity contribution in [2.24, 2.45) is 5.92 Å². The molecule has 1 aliphatic heterocycles. The topological polar surface area (TPSA) is 35.5 Å². The van der Waals surface area contributed by atoms with E-state index in [0.29, 0.717) is 16.6 Å². The van der Waals surface area contributed by atoms with Crippen LogP contribution in [0.25, 0.3) is 0 Å². The molecule has 1 heterocycles. The first-order valence-electron chi connectivity index (χ1n) is 9.16. The predicted octanol–water partition coefficient (Wildman–Crippen LogP) is 5.71. The summed E-state index contributed by atoms with van der Waals surface area (Å²) in [5.74, 6) is -0.109. The largest absolute Gasteiger partial charge is 0.459 e. The lowest BCUT2D eigenvalue weighted by atomic mass is 9.96. The van der Waals surface area contributed by atoms with Gasteiger partial charge in [0.2, 0.25) is 8.32 Å². The molecule has 5 heteroatoms. The molecule has 0 saturated carbocycles. The highest BCUT2D eigenvalue weighted by Crippen LogP contribution is 2.45. The second kappa shape index (κ2) is 9.18. The van der Waals surface area contributed by atoms with Crippen molar-refractivity contribution in [1.29, 1.82) is 0 Å². The summed E-state index contributed by atoms with van der Waals surface area (Å²) in [4.78, 5) is 12.4. The molecule has 23 heavy (non-hydrogen) atoms. The predicted molar refractivity (Wildman–Crippen MR) is 108 cm³/mol. The molecule has 1 fully saturated rings. The van der Waals surface area contributed by atoms with E-state index in [4.69, 9.17) is 9.16 Å². The van der Waals surface area contributed by atoms with Gasteiger partial charge in [0.15, 0.2) is 0 Å². The first kappa shape index (κ1) is 21.4. The number of hydrogen-bond donors (Lipinski definition) is 0. The normalized spacial score (nSPS) is 25.7. The molecule has 0 N–H and O–H groups in total. The average molecular weight is 454 g/mol. The maximum atomic E-state index is 12.4. The van der Waals surface area contributed by atoms with Gasteiger partial charge in [0.05, 0.1) is 12.0 Å². The van der Waals surface area contributed by atoms with Crippen molar-refractivity contribution in [2.45, 2.75) is 96.6 Å². The quantitative estimate of drug-likeness (QED) is 0.194. The second-order valence-corrected chi connectivity index (χ2v) is 14.1. The SMILES string of the molecule is CCCC[C@@H]1C(=O)O[C@@H](CI)[C@H]1O[Si](C(C)C)(C(C)C)C(C)C. The van der Waals surface area contributed by atoms with E-state index in [2.05, 4.69) is 71.1 Å². The van der Waals surface area contributed by atoms with Crippen LogP contribution >= 0.6 is 22.6 Å². The Bertz CT molecular complexity index is 363. The van der Waals surface area contributed by atoms with Crippen molar-refractivity contribution in [3.05, 3.63) is 0 Å². The average Bonchev–Trinajstić information content (AvgIpc) is 2.76. The molecular weight excluding hydrogens is 419 g/mol. The zero-order valence-corrected chi connectivity index (χ0v) is 19.1. The van der Waals surface area contributed by atoms with Crippen LogP contribution in [0, 0.1) is 5.92 Å². The number of carbonyl (C=O) groups is 1. The highest BCUT2D eigenvalue weighted by Gasteiger charge is 2.53. The number of alkyl halides is 1. The van der Waals surface area contributed by atoms with Gasteiger partial charge in [0.25, 0.3) is 0 Å². The lowest BCUT2D eigenvalue weighted by molar-refractivity contribution is -0.143. The first-order valence-corrected chi connectivity index (χ1v) is 12.8. The number of halogens is 1. The van der Waals surface area contributed by atoms with Crippen LogP contribution in [0.1, 0.15) is 67.7 Å². The molecule has 0 aromatic rings. The van der Waals surface area contributed by atoms with Crippen molar-refractivity contribution in [1.82, 2.24) is 0 Å². The minimum absolute atomic E-state index is 0.0377. The minimum atomic E-state index is -2.00. The summed E-state index contributed by atoms with van der Waals surface area (Å²) in [6.07, 6.45) is 2.93. The lowest BCUT2D eigenvalue weighted by Crippen LogP contribution is -2.53. The van der Waals surface area contributed by atoms with E-state index in [1.54, 1.807) is 0 Å². The Kier molecular flexibility index (Phi) is 8.55. The van der Waals surface area contributed by atoms with Crippen molar-refractivity contribution in [3.8, 4) is 0 Å². The smallest absolute Gasteiger partial charge is 0.312 e. The van der Waals surface area contributed by atoms with E-state index in [9.17, 15) is 4.79 Å². The van der Waals surface area contributed by atoms with Gasteiger partial charge in [-0.1, -0.05) is 83.9 Å². The van der Waals surface area contributed by atoms with Gasteiger partial charge >= 0.3 is 5.97 Å². The molecule has 136 valence electrons. The van der Waals surface area contributed by atoms with Crippen LogP contribution in [0.2, 0.25) is 16.6 Å². The maximum Gasteiger partial charge on any atom is 0.312 e. The van der Waals surface area contributed by atoms with Crippen molar-refractivity contribution >= 4 is 36.9 Å². The van der Waals surface area contributed by atoms with Gasteiger partial charge in [-0.15, -0.1) is 0 Å². The summed E-state index contributed by atoms with van der Waals surface area (Å²) in [6.45, 7) is 15.9. The molecule has 0 aromatic carbocycles. The van der Waals surface area contributed by atoms with Gasteiger partial charge in [-0.3, -0.25) is 4.79 Å². The van der Waals surface area contributed by atoms with Gasteiger partial charge in [-0.05, 0) is 23.0 Å². The number of rotatable bonds is 9.